The zero-order valence-electron chi connectivity index (χ0n) is 7.19. The third-order valence-electron chi connectivity index (χ3n) is 1.44. The quantitative estimate of drug-likeness (QED) is 0.578. The summed E-state index contributed by atoms with van der Waals surface area (Å²) in [4.78, 5) is 25.6. The summed E-state index contributed by atoms with van der Waals surface area (Å²) >= 11 is 5.22. The molecule has 1 aromatic rings. The van der Waals surface area contributed by atoms with E-state index in [1.807, 2.05) is 0 Å². The van der Waals surface area contributed by atoms with E-state index in [2.05, 4.69) is 9.72 Å². The lowest BCUT2D eigenvalue weighted by molar-refractivity contribution is 0.0598. The molecule has 0 bridgehead atoms. The van der Waals surface area contributed by atoms with Crippen molar-refractivity contribution in [1.29, 1.82) is 0 Å². The van der Waals surface area contributed by atoms with Crippen LogP contribution in [0.3, 0.4) is 0 Å². The second-order valence-corrected chi connectivity index (χ2v) is 2.53. The molecule has 1 heterocycles. The molecule has 0 N–H and O–H groups in total. The van der Waals surface area contributed by atoms with E-state index in [1.165, 1.54) is 25.6 Å². The van der Waals surface area contributed by atoms with Gasteiger partial charge < -0.3 is 4.74 Å². The summed E-state index contributed by atoms with van der Waals surface area (Å²) in [6, 6.07) is 1.38. The molecule has 0 aliphatic heterocycles. The van der Waals surface area contributed by atoms with E-state index in [0.717, 1.165) is 0 Å². The lowest BCUT2D eigenvalue weighted by Crippen LogP contribution is -2.07. The van der Waals surface area contributed by atoms with Crippen LogP contribution in [0.25, 0.3) is 0 Å². The first kappa shape index (κ1) is 12.9. The Morgan fingerprint density at radius 1 is 1.43 bits per heavy atom. The third-order valence-corrected chi connectivity index (χ3v) is 1.64. The van der Waals surface area contributed by atoms with Gasteiger partial charge in [-0.05, 0) is 17.7 Å². The second kappa shape index (κ2) is 5.57. The Morgan fingerprint density at radius 3 is 2.57 bits per heavy atom. The molecule has 1 aromatic heterocycles. The van der Waals surface area contributed by atoms with Crippen LogP contribution in [-0.4, -0.2) is 23.3 Å². The molecule has 6 heteroatoms. The van der Waals surface area contributed by atoms with Crippen LogP contribution in [0.4, 0.5) is 0 Å². The zero-order chi connectivity index (χ0) is 9.84. The van der Waals surface area contributed by atoms with Gasteiger partial charge in [0.2, 0.25) is 0 Å². The number of carbonyl (C=O) groups is 2. The predicted octanol–water partition coefficient (Wildman–Crippen LogP) is 1.67. The molecule has 0 fully saturated rings. The SMILES string of the molecule is COC(=O)c1ccncc1C(=O)Cl.Cl. The second-order valence-electron chi connectivity index (χ2n) is 2.19. The number of ether oxygens (including phenoxy) is 1. The summed E-state index contributed by atoms with van der Waals surface area (Å²) in [5.41, 5.74) is 0.175. The van der Waals surface area contributed by atoms with Crippen molar-refractivity contribution < 1.29 is 14.3 Å². The number of pyridine rings is 1. The molecule has 1 rings (SSSR count). The van der Waals surface area contributed by atoms with Crippen LogP contribution in [0.1, 0.15) is 20.7 Å². The Balaban J connectivity index is 0.00000169. The summed E-state index contributed by atoms with van der Waals surface area (Å²) in [6.07, 6.45) is 2.61. The molecule has 0 radical (unpaired) electrons. The first-order chi connectivity index (χ1) is 6.16. The van der Waals surface area contributed by atoms with Crippen LogP contribution in [-0.2, 0) is 4.74 Å². The maximum absolute atomic E-state index is 11.1. The highest BCUT2D eigenvalue weighted by atomic mass is 35.5. The number of nitrogens with zero attached hydrogens (tertiary/aromatic N) is 1. The van der Waals surface area contributed by atoms with Crippen molar-refractivity contribution in [3.63, 3.8) is 0 Å². The Morgan fingerprint density at radius 2 is 2.07 bits per heavy atom. The van der Waals surface area contributed by atoms with E-state index in [-0.39, 0.29) is 23.5 Å². The zero-order valence-corrected chi connectivity index (χ0v) is 8.76. The number of hydrogen-bond donors (Lipinski definition) is 0. The van der Waals surface area contributed by atoms with E-state index in [9.17, 15) is 9.59 Å². The van der Waals surface area contributed by atoms with E-state index in [4.69, 9.17) is 11.6 Å². The van der Waals surface area contributed by atoms with Crippen molar-refractivity contribution in [1.82, 2.24) is 4.98 Å². The van der Waals surface area contributed by atoms with E-state index >= 15 is 0 Å². The molecule has 0 aromatic carbocycles. The predicted molar refractivity (Wildman–Crippen MR) is 53.0 cm³/mol. The number of aromatic nitrogens is 1. The number of rotatable bonds is 2. The minimum atomic E-state index is -0.728. The molecule has 0 spiro atoms. The first-order valence-electron chi connectivity index (χ1n) is 3.39. The lowest BCUT2D eigenvalue weighted by Gasteiger charge is -2.01. The Bertz CT molecular complexity index is 354. The van der Waals surface area contributed by atoms with E-state index in [1.54, 1.807) is 0 Å². The summed E-state index contributed by atoms with van der Waals surface area (Å²) in [7, 11) is 1.23. The van der Waals surface area contributed by atoms with Gasteiger partial charge in [-0.3, -0.25) is 9.78 Å². The van der Waals surface area contributed by atoms with Gasteiger partial charge in [-0.1, -0.05) is 0 Å². The molecule has 0 saturated heterocycles. The van der Waals surface area contributed by atoms with Crippen LogP contribution in [0, 0.1) is 0 Å². The molecule has 0 saturated carbocycles. The minimum Gasteiger partial charge on any atom is -0.465 e. The van der Waals surface area contributed by atoms with Crippen molar-refractivity contribution in [3.05, 3.63) is 29.6 Å². The largest absolute Gasteiger partial charge is 0.465 e. The molecule has 76 valence electrons. The maximum Gasteiger partial charge on any atom is 0.338 e. The van der Waals surface area contributed by atoms with Crippen molar-refractivity contribution in [2.75, 3.05) is 7.11 Å². The van der Waals surface area contributed by atoms with Gasteiger partial charge in [0, 0.05) is 12.4 Å². The number of methoxy groups -OCH3 is 1. The summed E-state index contributed by atoms with van der Waals surface area (Å²) in [5, 5.41) is -0.728. The van der Waals surface area contributed by atoms with Crippen molar-refractivity contribution >= 4 is 35.2 Å². The molecule has 0 amide bonds. The minimum absolute atomic E-state index is 0. The highest BCUT2D eigenvalue weighted by molar-refractivity contribution is 6.68. The average molecular weight is 236 g/mol. The highest BCUT2D eigenvalue weighted by Gasteiger charge is 2.15. The van der Waals surface area contributed by atoms with Gasteiger partial charge in [0.25, 0.3) is 5.24 Å². The molecule has 0 aliphatic carbocycles. The van der Waals surface area contributed by atoms with Gasteiger partial charge in [-0.15, -0.1) is 12.4 Å². The van der Waals surface area contributed by atoms with Crippen LogP contribution < -0.4 is 0 Å². The van der Waals surface area contributed by atoms with Gasteiger partial charge in [0.15, 0.2) is 0 Å². The topological polar surface area (TPSA) is 56.3 Å². The van der Waals surface area contributed by atoms with Gasteiger partial charge >= 0.3 is 5.97 Å². The van der Waals surface area contributed by atoms with Crippen molar-refractivity contribution in [2.24, 2.45) is 0 Å². The molecular weight excluding hydrogens is 229 g/mol. The fraction of sp³-hybridized carbons (Fsp3) is 0.125. The number of hydrogen-bond acceptors (Lipinski definition) is 4. The smallest absolute Gasteiger partial charge is 0.338 e. The fourth-order valence-electron chi connectivity index (χ4n) is 0.839. The Labute approximate surface area is 91.6 Å². The van der Waals surface area contributed by atoms with Gasteiger partial charge in [-0.2, -0.15) is 0 Å². The molecule has 14 heavy (non-hydrogen) atoms. The standard InChI is InChI=1S/C8H6ClNO3.ClH/c1-13-8(12)5-2-3-10-4-6(5)7(9)11;/h2-4H,1H3;1H. The van der Waals surface area contributed by atoms with Gasteiger partial charge in [0.05, 0.1) is 18.2 Å². The molecule has 4 nitrogen and oxygen atoms in total. The van der Waals surface area contributed by atoms with Crippen molar-refractivity contribution in [3.8, 4) is 0 Å². The molecular formula is C8H7Cl2NO3. The van der Waals surface area contributed by atoms with Gasteiger partial charge in [-0.25, -0.2) is 4.79 Å². The number of halogens is 2. The van der Waals surface area contributed by atoms with E-state index < -0.39 is 11.2 Å². The Kier molecular flexibility index (Phi) is 5.12. The normalized spacial score (nSPS) is 8.71. The average Bonchev–Trinajstić information content (AvgIpc) is 2.16. The summed E-state index contributed by atoms with van der Waals surface area (Å²) in [6.45, 7) is 0. The van der Waals surface area contributed by atoms with E-state index in [0.29, 0.717) is 0 Å². The summed E-state index contributed by atoms with van der Waals surface area (Å²) < 4.78 is 4.45. The molecule has 0 unspecified atom stereocenters. The Hall–Kier alpha value is -1.13. The monoisotopic (exact) mass is 235 g/mol. The van der Waals surface area contributed by atoms with Crippen LogP contribution in [0.15, 0.2) is 18.5 Å². The van der Waals surface area contributed by atoms with Crippen LogP contribution >= 0.6 is 24.0 Å². The third kappa shape index (κ3) is 2.68. The van der Waals surface area contributed by atoms with Crippen LogP contribution in [0.5, 0.6) is 0 Å². The summed E-state index contributed by atoms with van der Waals surface area (Å²) in [5.74, 6) is -0.605. The molecule has 0 atom stereocenters. The maximum atomic E-state index is 11.1. The van der Waals surface area contributed by atoms with Gasteiger partial charge in [0.1, 0.15) is 0 Å². The first-order valence-corrected chi connectivity index (χ1v) is 3.76. The molecule has 0 aliphatic rings. The highest BCUT2D eigenvalue weighted by Crippen LogP contribution is 2.10. The number of carbonyl (C=O) groups excluding carboxylic acids is 2. The number of esters is 1. The van der Waals surface area contributed by atoms with Crippen molar-refractivity contribution in [2.45, 2.75) is 0 Å². The lowest BCUT2D eigenvalue weighted by atomic mass is 10.1. The fourth-order valence-corrected chi connectivity index (χ4v) is 0.990. The van der Waals surface area contributed by atoms with Crippen LogP contribution in [0.2, 0.25) is 0 Å².